The Hall–Kier alpha value is -0.870. The van der Waals surface area contributed by atoms with Crippen LogP contribution in [0.5, 0.6) is 0 Å². The highest BCUT2D eigenvalue weighted by molar-refractivity contribution is 5.65. The summed E-state index contributed by atoms with van der Waals surface area (Å²) in [6.07, 6.45) is 11.0. The molecule has 0 unspecified atom stereocenters. The second kappa shape index (κ2) is 8.57. The van der Waals surface area contributed by atoms with Gasteiger partial charge in [0.1, 0.15) is 0 Å². The van der Waals surface area contributed by atoms with Crippen molar-refractivity contribution in [1.29, 1.82) is 0 Å². The second-order valence-electron chi connectivity index (χ2n) is 15.0. The summed E-state index contributed by atoms with van der Waals surface area (Å²) in [5.74, 6) is 2.55. The van der Waals surface area contributed by atoms with E-state index in [2.05, 4.69) is 41.2 Å². The number of aliphatic hydroxyl groups excluding tert-OH is 2. The van der Waals surface area contributed by atoms with Crippen LogP contribution in [-0.2, 0) is 9.53 Å². The molecule has 0 aromatic heterocycles. The number of carbonyl (C=O) groups is 1. The van der Waals surface area contributed by atoms with Crippen molar-refractivity contribution in [3.8, 4) is 0 Å². The first-order chi connectivity index (χ1) is 16.8. The minimum Gasteiger partial charge on any atom is -0.465 e. The maximum Gasteiger partial charge on any atom is 0.302 e. The van der Waals surface area contributed by atoms with Crippen LogP contribution in [-0.4, -0.2) is 35.5 Å². The summed E-state index contributed by atoms with van der Waals surface area (Å²) in [5.41, 5.74) is 1.68. The third-order valence-electron chi connectivity index (χ3n) is 13.9. The highest BCUT2D eigenvalue weighted by Crippen LogP contribution is 2.77. The Morgan fingerprint density at radius 2 is 1.61 bits per heavy atom. The lowest BCUT2D eigenvalue weighted by molar-refractivity contribution is -0.255. The van der Waals surface area contributed by atoms with Gasteiger partial charge in [-0.3, -0.25) is 4.79 Å². The highest BCUT2D eigenvalue weighted by atomic mass is 16.5. The number of aliphatic hydroxyl groups is 2. The molecule has 0 bridgehead atoms. The van der Waals surface area contributed by atoms with Gasteiger partial charge in [-0.1, -0.05) is 39.8 Å². The maximum atomic E-state index is 11.9. The SMILES string of the molecule is C=C(C)[C@@H]1CC[C@]2(COC(C)=O)CC[C@]3(C)[C@H](CC[C@@H]4[C@@]5(C)CC[C@H](O)[C@@](C)(CO)[C@@H]5CC[C@]43C)[C@@H]12. The van der Waals surface area contributed by atoms with Crippen LogP contribution in [0.4, 0.5) is 0 Å². The van der Waals surface area contributed by atoms with Crippen molar-refractivity contribution in [2.24, 2.45) is 56.7 Å². The number of carbonyl (C=O) groups excluding carboxylic acids is 1. The molecule has 0 amide bonds. The lowest BCUT2D eigenvalue weighted by Gasteiger charge is -2.73. The lowest BCUT2D eigenvalue weighted by Crippen LogP contribution is -2.67. The standard InChI is InChI=1S/C32H52O4/c1-20(2)22-10-15-32(19-36-21(3)34)17-16-30(6)23(27(22)32)8-9-25-28(4)13-12-26(35)29(5,18-33)24(28)11-14-31(25,30)7/h22-27,33,35H,1,8-19H2,2-7H3/t22-,23+,24+,25+,26-,27+,28-,29-,30+,31+,32+/m0/s1. The Bertz CT molecular complexity index is 914. The number of hydrogen-bond donors (Lipinski definition) is 2. The number of allylic oxidation sites excluding steroid dienone is 1. The largest absolute Gasteiger partial charge is 0.465 e. The Morgan fingerprint density at radius 1 is 0.889 bits per heavy atom. The predicted molar refractivity (Wildman–Crippen MR) is 143 cm³/mol. The van der Waals surface area contributed by atoms with E-state index in [1.54, 1.807) is 6.92 Å². The number of esters is 1. The van der Waals surface area contributed by atoms with Gasteiger partial charge in [-0.2, -0.15) is 0 Å². The minimum absolute atomic E-state index is 0.0821. The zero-order chi connectivity index (χ0) is 26.3. The van der Waals surface area contributed by atoms with Crippen LogP contribution in [0.3, 0.4) is 0 Å². The fourth-order valence-corrected chi connectivity index (χ4v) is 11.8. The second-order valence-corrected chi connectivity index (χ2v) is 15.0. The fourth-order valence-electron chi connectivity index (χ4n) is 11.8. The van der Waals surface area contributed by atoms with Crippen LogP contribution < -0.4 is 0 Å². The van der Waals surface area contributed by atoms with E-state index < -0.39 is 11.5 Å². The molecule has 5 aliphatic carbocycles. The molecule has 204 valence electrons. The Kier molecular flexibility index (Phi) is 6.36. The Balaban J connectivity index is 1.53. The molecule has 0 spiro atoms. The number of ether oxygens (including phenoxy) is 1. The van der Waals surface area contributed by atoms with E-state index in [4.69, 9.17) is 4.74 Å². The van der Waals surface area contributed by atoms with E-state index in [-0.39, 0.29) is 34.2 Å². The molecule has 0 aromatic carbocycles. The van der Waals surface area contributed by atoms with Gasteiger partial charge >= 0.3 is 5.97 Å². The summed E-state index contributed by atoms with van der Waals surface area (Å²) in [6.45, 7) is 18.8. The molecule has 0 aliphatic heterocycles. The normalized spacial score (nSPS) is 54.0. The monoisotopic (exact) mass is 500 g/mol. The van der Waals surface area contributed by atoms with E-state index in [1.165, 1.54) is 37.7 Å². The molecular weight excluding hydrogens is 448 g/mol. The summed E-state index contributed by atoms with van der Waals surface area (Å²) < 4.78 is 5.77. The number of rotatable bonds is 4. The average molecular weight is 501 g/mol. The summed E-state index contributed by atoms with van der Waals surface area (Å²) in [6, 6.07) is 0. The van der Waals surface area contributed by atoms with E-state index >= 15 is 0 Å². The zero-order valence-corrected chi connectivity index (χ0v) is 23.9. The molecule has 5 fully saturated rings. The molecule has 11 atom stereocenters. The van der Waals surface area contributed by atoms with Gasteiger partial charge < -0.3 is 14.9 Å². The van der Waals surface area contributed by atoms with E-state index in [0.29, 0.717) is 36.2 Å². The topological polar surface area (TPSA) is 66.8 Å². The smallest absolute Gasteiger partial charge is 0.302 e. The molecule has 5 rings (SSSR count). The zero-order valence-electron chi connectivity index (χ0n) is 23.9. The summed E-state index contributed by atoms with van der Waals surface area (Å²) >= 11 is 0. The molecule has 0 aromatic rings. The molecule has 4 heteroatoms. The van der Waals surface area contributed by atoms with E-state index in [1.807, 2.05) is 0 Å². The van der Waals surface area contributed by atoms with Crippen LogP contribution >= 0.6 is 0 Å². The molecule has 5 saturated carbocycles. The van der Waals surface area contributed by atoms with E-state index in [9.17, 15) is 15.0 Å². The predicted octanol–water partition coefficient (Wildman–Crippen LogP) is 6.54. The van der Waals surface area contributed by atoms with Crippen molar-refractivity contribution < 1.29 is 19.7 Å². The molecular formula is C32H52O4. The molecule has 0 radical (unpaired) electrons. The van der Waals surface area contributed by atoms with Crippen molar-refractivity contribution in [2.45, 2.75) is 112 Å². The van der Waals surface area contributed by atoms with Crippen LogP contribution in [0.2, 0.25) is 0 Å². The average Bonchev–Trinajstić information content (AvgIpc) is 3.21. The first-order valence-corrected chi connectivity index (χ1v) is 14.9. The molecule has 4 nitrogen and oxygen atoms in total. The third kappa shape index (κ3) is 3.34. The Labute approximate surface area is 219 Å². The third-order valence-corrected chi connectivity index (χ3v) is 13.9. The van der Waals surface area contributed by atoms with Gasteiger partial charge in [-0.05, 0) is 117 Å². The van der Waals surface area contributed by atoms with Crippen molar-refractivity contribution in [3.05, 3.63) is 12.2 Å². The first kappa shape index (κ1) is 26.7. The van der Waals surface area contributed by atoms with Gasteiger partial charge in [0.15, 0.2) is 0 Å². The van der Waals surface area contributed by atoms with Crippen LogP contribution in [0, 0.1) is 56.7 Å². The summed E-state index contributed by atoms with van der Waals surface area (Å²) in [7, 11) is 0. The molecule has 36 heavy (non-hydrogen) atoms. The minimum atomic E-state index is -0.400. The lowest BCUT2D eigenvalue weighted by atomic mass is 9.32. The van der Waals surface area contributed by atoms with Crippen molar-refractivity contribution in [3.63, 3.8) is 0 Å². The van der Waals surface area contributed by atoms with E-state index in [0.717, 1.165) is 32.1 Å². The van der Waals surface area contributed by atoms with Gasteiger partial charge in [0.05, 0.1) is 19.3 Å². The van der Waals surface area contributed by atoms with Crippen molar-refractivity contribution in [1.82, 2.24) is 0 Å². The highest BCUT2D eigenvalue weighted by Gasteiger charge is 2.71. The van der Waals surface area contributed by atoms with Crippen molar-refractivity contribution >= 4 is 5.97 Å². The quantitative estimate of drug-likeness (QED) is 0.340. The fraction of sp³-hybridized carbons (Fsp3) is 0.906. The van der Waals surface area contributed by atoms with Gasteiger partial charge in [-0.15, -0.1) is 0 Å². The molecule has 0 saturated heterocycles. The van der Waals surface area contributed by atoms with Crippen LogP contribution in [0.15, 0.2) is 12.2 Å². The molecule has 0 heterocycles. The van der Waals surface area contributed by atoms with Gasteiger partial charge in [0.25, 0.3) is 0 Å². The molecule has 5 aliphatic rings. The van der Waals surface area contributed by atoms with Gasteiger partial charge in [-0.25, -0.2) is 0 Å². The first-order valence-electron chi connectivity index (χ1n) is 14.9. The number of hydrogen-bond acceptors (Lipinski definition) is 4. The maximum absolute atomic E-state index is 11.9. The van der Waals surface area contributed by atoms with Crippen LogP contribution in [0.25, 0.3) is 0 Å². The van der Waals surface area contributed by atoms with Crippen LogP contribution in [0.1, 0.15) is 106 Å². The Morgan fingerprint density at radius 3 is 2.25 bits per heavy atom. The van der Waals surface area contributed by atoms with Gasteiger partial charge in [0, 0.05) is 17.8 Å². The van der Waals surface area contributed by atoms with Gasteiger partial charge in [0.2, 0.25) is 0 Å². The van der Waals surface area contributed by atoms with Crippen molar-refractivity contribution in [2.75, 3.05) is 13.2 Å². The summed E-state index contributed by atoms with van der Waals surface area (Å²) in [5, 5.41) is 21.4. The summed E-state index contributed by atoms with van der Waals surface area (Å²) in [4.78, 5) is 11.9. The number of fused-ring (bicyclic) bond motifs is 7. The molecule has 2 N–H and O–H groups in total.